The molecule has 1 N–H and O–H groups in total. The van der Waals surface area contributed by atoms with Crippen LogP contribution in [0.1, 0.15) is 26.2 Å². The number of carbonyl (C=O) groups excluding carboxylic acids is 1. The molecular weight excluding hydrogens is 336 g/mol. The molecule has 1 amide bonds. The lowest BCUT2D eigenvalue weighted by Crippen LogP contribution is -2.42. The summed E-state index contributed by atoms with van der Waals surface area (Å²) in [5.74, 6) is -0.283. The third-order valence-electron chi connectivity index (χ3n) is 4.31. The molecule has 132 valence electrons. The van der Waals surface area contributed by atoms with Crippen molar-refractivity contribution < 1.29 is 13.2 Å². The highest BCUT2D eigenvalue weighted by molar-refractivity contribution is 7.93. The fraction of sp³-hybridized carbons (Fsp3) is 0.316. The summed E-state index contributed by atoms with van der Waals surface area (Å²) >= 11 is 0. The molecule has 0 saturated heterocycles. The van der Waals surface area contributed by atoms with Crippen molar-refractivity contribution >= 4 is 21.6 Å². The molecular formula is C19H22N2O3S. The Balaban J connectivity index is 1.91. The van der Waals surface area contributed by atoms with Crippen LogP contribution in [0.3, 0.4) is 0 Å². The first-order chi connectivity index (χ1) is 12.1. The molecule has 1 aliphatic heterocycles. The van der Waals surface area contributed by atoms with Crippen LogP contribution in [0.25, 0.3) is 11.1 Å². The smallest absolute Gasteiger partial charge is 0.265 e. The second-order valence-electron chi connectivity index (χ2n) is 6.08. The molecule has 0 aromatic heterocycles. The van der Waals surface area contributed by atoms with Crippen molar-refractivity contribution in [2.75, 3.05) is 17.4 Å². The maximum absolute atomic E-state index is 13.0. The number of nitrogens with zero attached hydrogens (tertiary/aromatic N) is 1. The van der Waals surface area contributed by atoms with Crippen LogP contribution in [0.2, 0.25) is 0 Å². The quantitative estimate of drug-likeness (QED) is 0.807. The zero-order valence-corrected chi connectivity index (χ0v) is 15.1. The van der Waals surface area contributed by atoms with Gasteiger partial charge in [0, 0.05) is 17.7 Å². The van der Waals surface area contributed by atoms with Crippen LogP contribution in [0.4, 0.5) is 5.69 Å². The Kier molecular flexibility index (Phi) is 5.08. The number of nitrogens with one attached hydrogen (secondary N) is 1. The minimum Gasteiger partial charge on any atom is -0.355 e. The zero-order valence-electron chi connectivity index (χ0n) is 14.2. The van der Waals surface area contributed by atoms with Gasteiger partial charge in [0.25, 0.3) is 10.0 Å². The lowest BCUT2D eigenvalue weighted by molar-refractivity contribution is -0.119. The van der Waals surface area contributed by atoms with Crippen molar-refractivity contribution in [3.8, 4) is 11.1 Å². The fourth-order valence-corrected chi connectivity index (χ4v) is 4.69. The highest BCUT2D eigenvalue weighted by Crippen LogP contribution is 2.42. The number of anilines is 1. The van der Waals surface area contributed by atoms with E-state index < -0.39 is 10.0 Å². The van der Waals surface area contributed by atoms with E-state index in [0.717, 1.165) is 24.8 Å². The summed E-state index contributed by atoms with van der Waals surface area (Å²) in [5, 5.41) is 2.81. The van der Waals surface area contributed by atoms with Crippen molar-refractivity contribution in [2.45, 2.75) is 31.1 Å². The van der Waals surface area contributed by atoms with Crippen LogP contribution in [0.5, 0.6) is 0 Å². The van der Waals surface area contributed by atoms with Gasteiger partial charge in [-0.15, -0.1) is 0 Å². The summed E-state index contributed by atoms with van der Waals surface area (Å²) in [6, 6.07) is 14.2. The molecule has 1 heterocycles. The molecule has 2 aromatic rings. The largest absolute Gasteiger partial charge is 0.355 e. The summed E-state index contributed by atoms with van der Waals surface area (Å²) in [5.41, 5.74) is 2.05. The van der Waals surface area contributed by atoms with Gasteiger partial charge in [0.1, 0.15) is 6.54 Å². The minimum atomic E-state index is -3.75. The Hall–Kier alpha value is -2.34. The van der Waals surface area contributed by atoms with Crippen LogP contribution in [0, 0.1) is 0 Å². The Bertz CT molecular complexity index is 878. The number of amides is 1. The predicted octanol–water partition coefficient (Wildman–Crippen LogP) is 3.17. The first-order valence-electron chi connectivity index (χ1n) is 8.53. The first-order valence-corrected chi connectivity index (χ1v) is 9.97. The van der Waals surface area contributed by atoms with Gasteiger partial charge in [-0.05, 0) is 18.6 Å². The Labute approximate surface area is 148 Å². The van der Waals surface area contributed by atoms with Gasteiger partial charge in [0.15, 0.2) is 0 Å². The monoisotopic (exact) mass is 358 g/mol. The van der Waals surface area contributed by atoms with Gasteiger partial charge in [-0.25, -0.2) is 8.42 Å². The molecule has 25 heavy (non-hydrogen) atoms. The fourth-order valence-electron chi connectivity index (χ4n) is 3.04. The van der Waals surface area contributed by atoms with Crippen molar-refractivity contribution in [1.82, 2.24) is 5.32 Å². The maximum atomic E-state index is 13.0. The summed E-state index contributed by atoms with van der Waals surface area (Å²) in [6.07, 6.45) is 3.01. The molecule has 5 nitrogen and oxygen atoms in total. The molecule has 0 fully saturated rings. The van der Waals surface area contributed by atoms with E-state index in [1.54, 1.807) is 30.3 Å². The number of hydrogen-bond acceptors (Lipinski definition) is 3. The zero-order chi connectivity index (χ0) is 17.9. The molecule has 3 rings (SSSR count). The van der Waals surface area contributed by atoms with Gasteiger partial charge in [0.2, 0.25) is 5.91 Å². The Morgan fingerprint density at radius 2 is 1.68 bits per heavy atom. The number of carbonyl (C=O) groups is 1. The van der Waals surface area contributed by atoms with Gasteiger partial charge < -0.3 is 5.32 Å². The molecule has 0 spiro atoms. The third-order valence-corrected chi connectivity index (χ3v) is 6.13. The summed E-state index contributed by atoms with van der Waals surface area (Å²) in [6.45, 7) is 2.45. The van der Waals surface area contributed by atoms with Crippen LogP contribution in [0.15, 0.2) is 53.4 Å². The maximum Gasteiger partial charge on any atom is 0.265 e. The van der Waals surface area contributed by atoms with Crippen molar-refractivity contribution in [1.29, 1.82) is 0 Å². The lowest BCUT2D eigenvalue weighted by atomic mass is 10.0. The molecule has 0 unspecified atom stereocenters. The number of hydrogen-bond donors (Lipinski definition) is 1. The van der Waals surface area contributed by atoms with E-state index >= 15 is 0 Å². The second-order valence-corrected chi connectivity index (χ2v) is 7.91. The number of rotatable bonds is 6. The molecule has 0 aliphatic carbocycles. The van der Waals surface area contributed by atoms with Gasteiger partial charge in [-0.2, -0.15) is 0 Å². The van der Waals surface area contributed by atoms with E-state index in [2.05, 4.69) is 12.2 Å². The van der Waals surface area contributed by atoms with Crippen molar-refractivity contribution in [2.24, 2.45) is 0 Å². The van der Waals surface area contributed by atoms with E-state index in [4.69, 9.17) is 0 Å². The first kappa shape index (κ1) is 17.5. The van der Waals surface area contributed by atoms with Crippen LogP contribution in [-0.2, 0) is 14.8 Å². The van der Waals surface area contributed by atoms with Gasteiger partial charge in [0.05, 0.1) is 10.6 Å². The highest BCUT2D eigenvalue weighted by Gasteiger charge is 2.35. The topological polar surface area (TPSA) is 66.5 Å². The van der Waals surface area contributed by atoms with E-state index in [1.807, 2.05) is 18.2 Å². The third kappa shape index (κ3) is 3.39. The Morgan fingerprint density at radius 1 is 1.00 bits per heavy atom. The minimum absolute atomic E-state index is 0.209. The van der Waals surface area contributed by atoms with E-state index in [9.17, 15) is 13.2 Å². The second kappa shape index (κ2) is 7.27. The van der Waals surface area contributed by atoms with Crippen molar-refractivity contribution in [3.63, 3.8) is 0 Å². The predicted molar refractivity (Wildman–Crippen MR) is 98.9 cm³/mol. The lowest BCUT2D eigenvalue weighted by Gasteiger charge is -2.31. The van der Waals surface area contributed by atoms with E-state index in [0.29, 0.717) is 17.8 Å². The van der Waals surface area contributed by atoms with Gasteiger partial charge in [-0.1, -0.05) is 56.2 Å². The van der Waals surface area contributed by atoms with Crippen molar-refractivity contribution in [3.05, 3.63) is 48.5 Å². The Morgan fingerprint density at radius 3 is 2.44 bits per heavy atom. The highest BCUT2D eigenvalue weighted by atomic mass is 32.2. The summed E-state index contributed by atoms with van der Waals surface area (Å²) in [7, 11) is -3.75. The summed E-state index contributed by atoms with van der Waals surface area (Å²) in [4.78, 5) is 12.5. The average molecular weight is 358 g/mol. The number of para-hydroxylation sites is 1. The standard InChI is InChI=1S/C19H22N2O3S/c1-2-3-8-13-20-19(22)14-21-17-11-6-4-9-15(17)16-10-5-7-12-18(16)25(21,23)24/h4-7,9-12H,2-3,8,13-14H2,1H3,(H,20,22). The number of fused-ring (bicyclic) bond motifs is 3. The number of sulfonamides is 1. The van der Waals surface area contributed by atoms with Crippen LogP contribution < -0.4 is 9.62 Å². The molecule has 2 aromatic carbocycles. The van der Waals surface area contributed by atoms with E-state index in [1.165, 1.54) is 4.31 Å². The normalized spacial score (nSPS) is 14.5. The number of benzene rings is 2. The SMILES string of the molecule is CCCCCNC(=O)CN1c2ccccc2-c2ccccc2S1(=O)=O. The van der Waals surface area contributed by atoms with E-state index in [-0.39, 0.29) is 17.3 Å². The molecule has 6 heteroatoms. The van der Waals surface area contributed by atoms with Crippen LogP contribution in [-0.4, -0.2) is 27.4 Å². The molecule has 0 radical (unpaired) electrons. The van der Waals surface area contributed by atoms with Gasteiger partial charge in [-0.3, -0.25) is 9.10 Å². The number of unbranched alkanes of at least 4 members (excludes halogenated alkanes) is 2. The average Bonchev–Trinajstić information content (AvgIpc) is 2.62. The molecule has 1 aliphatic rings. The molecule has 0 saturated carbocycles. The van der Waals surface area contributed by atoms with Gasteiger partial charge >= 0.3 is 0 Å². The molecule has 0 atom stereocenters. The molecule has 0 bridgehead atoms. The van der Waals surface area contributed by atoms with Crippen LogP contribution >= 0.6 is 0 Å². The summed E-state index contributed by atoms with van der Waals surface area (Å²) < 4.78 is 27.3.